The first kappa shape index (κ1) is 11.5. The third-order valence-corrected chi connectivity index (χ3v) is 2.26. The van der Waals surface area contributed by atoms with Gasteiger partial charge in [-0.25, -0.2) is 9.97 Å². The Morgan fingerprint density at radius 2 is 1.94 bits per heavy atom. The number of nitrogens with zero attached hydrogens (tertiary/aromatic N) is 3. The van der Waals surface area contributed by atoms with E-state index in [9.17, 15) is 0 Å². The maximum Gasteiger partial charge on any atom is 0.134 e. The molecule has 0 saturated carbocycles. The number of anilines is 2. The average molecular weight is 229 g/mol. The minimum Gasteiger partial charge on any atom is -0.340 e. The highest BCUT2D eigenvalue weighted by Crippen LogP contribution is 2.12. The fraction of sp³-hybridized carbons (Fsp3) is 0.250. The van der Waals surface area contributed by atoms with Crippen molar-refractivity contribution in [1.29, 1.82) is 0 Å². The lowest BCUT2D eigenvalue weighted by Gasteiger charge is -2.06. The zero-order chi connectivity index (χ0) is 11.9. The van der Waals surface area contributed by atoms with Gasteiger partial charge in [-0.1, -0.05) is 0 Å². The molecule has 0 fully saturated rings. The Bertz CT molecular complexity index is 457. The maximum absolute atomic E-state index is 4.42. The predicted molar refractivity (Wildman–Crippen MR) is 67.2 cm³/mol. The smallest absolute Gasteiger partial charge is 0.134 e. The molecule has 0 bridgehead atoms. The SMILES string of the molecule is CNCCc1nccc(Nc2ccncc2)n1. The Labute approximate surface area is 100 Å². The predicted octanol–water partition coefficient (Wildman–Crippen LogP) is 1.38. The highest BCUT2D eigenvalue weighted by atomic mass is 15.0. The first-order chi connectivity index (χ1) is 8.38. The standard InChI is InChI=1S/C12H15N5/c1-13-6-4-11-15-9-5-12(17-11)16-10-2-7-14-8-3-10/h2-3,5,7-9,13H,4,6H2,1H3,(H,14,15,16,17). The van der Waals surface area contributed by atoms with Gasteiger partial charge in [0, 0.05) is 37.2 Å². The molecule has 2 aromatic heterocycles. The second-order valence-electron chi connectivity index (χ2n) is 3.57. The number of nitrogens with one attached hydrogen (secondary N) is 2. The van der Waals surface area contributed by atoms with Crippen molar-refractivity contribution in [2.24, 2.45) is 0 Å². The molecular weight excluding hydrogens is 214 g/mol. The van der Waals surface area contributed by atoms with Crippen LogP contribution < -0.4 is 10.6 Å². The summed E-state index contributed by atoms with van der Waals surface area (Å²) in [5, 5.41) is 6.29. The van der Waals surface area contributed by atoms with Crippen molar-refractivity contribution >= 4 is 11.5 Å². The zero-order valence-corrected chi connectivity index (χ0v) is 9.72. The molecule has 0 amide bonds. The van der Waals surface area contributed by atoms with Crippen molar-refractivity contribution < 1.29 is 0 Å². The molecule has 5 heteroatoms. The Morgan fingerprint density at radius 1 is 1.12 bits per heavy atom. The summed E-state index contributed by atoms with van der Waals surface area (Å²) >= 11 is 0. The summed E-state index contributed by atoms with van der Waals surface area (Å²) in [4.78, 5) is 12.6. The number of hydrogen-bond donors (Lipinski definition) is 2. The van der Waals surface area contributed by atoms with E-state index in [1.807, 2.05) is 25.2 Å². The summed E-state index contributed by atoms with van der Waals surface area (Å²) in [6.07, 6.45) is 6.07. The van der Waals surface area contributed by atoms with Crippen LogP contribution in [-0.2, 0) is 6.42 Å². The van der Waals surface area contributed by atoms with Gasteiger partial charge >= 0.3 is 0 Å². The number of hydrogen-bond acceptors (Lipinski definition) is 5. The molecule has 0 atom stereocenters. The fourth-order valence-electron chi connectivity index (χ4n) is 1.41. The van der Waals surface area contributed by atoms with Crippen LogP contribution in [0.4, 0.5) is 11.5 Å². The molecule has 2 N–H and O–H groups in total. The Morgan fingerprint density at radius 3 is 2.71 bits per heavy atom. The molecule has 17 heavy (non-hydrogen) atoms. The van der Waals surface area contributed by atoms with E-state index in [4.69, 9.17) is 0 Å². The van der Waals surface area contributed by atoms with E-state index in [2.05, 4.69) is 25.6 Å². The highest BCUT2D eigenvalue weighted by Gasteiger charge is 1.99. The van der Waals surface area contributed by atoms with E-state index in [1.54, 1.807) is 18.6 Å². The molecular formula is C12H15N5. The van der Waals surface area contributed by atoms with E-state index in [0.717, 1.165) is 30.3 Å². The molecule has 5 nitrogen and oxygen atoms in total. The Balaban J connectivity index is 2.06. The lowest BCUT2D eigenvalue weighted by Crippen LogP contribution is -2.12. The third-order valence-electron chi connectivity index (χ3n) is 2.26. The van der Waals surface area contributed by atoms with Crippen LogP contribution in [0.5, 0.6) is 0 Å². The molecule has 0 spiro atoms. The normalized spacial score (nSPS) is 10.2. The molecule has 2 aromatic rings. The molecule has 0 radical (unpaired) electrons. The van der Waals surface area contributed by atoms with Crippen molar-refractivity contribution in [2.45, 2.75) is 6.42 Å². The van der Waals surface area contributed by atoms with Gasteiger partial charge in [0.05, 0.1) is 0 Å². The Kier molecular flexibility index (Phi) is 3.99. The van der Waals surface area contributed by atoms with Crippen LogP contribution in [0.1, 0.15) is 5.82 Å². The molecule has 2 heterocycles. The van der Waals surface area contributed by atoms with E-state index >= 15 is 0 Å². The topological polar surface area (TPSA) is 62.7 Å². The summed E-state index contributed by atoms with van der Waals surface area (Å²) in [5.41, 5.74) is 0.971. The van der Waals surface area contributed by atoms with Crippen LogP contribution in [0, 0.1) is 0 Å². The minimum absolute atomic E-state index is 0.803. The molecule has 0 aliphatic heterocycles. The van der Waals surface area contributed by atoms with Crippen LogP contribution in [0.25, 0.3) is 0 Å². The first-order valence-corrected chi connectivity index (χ1v) is 5.52. The molecule has 0 aliphatic rings. The van der Waals surface area contributed by atoms with Gasteiger partial charge < -0.3 is 10.6 Å². The van der Waals surface area contributed by atoms with Gasteiger partial charge in [-0.2, -0.15) is 0 Å². The summed E-state index contributed by atoms with van der Waals surface area (Å²) in [6, 6.07) is 5.65. The number of likely N-dealkylation sites (N-methyl/N-ethyl adjacent to an activating group) is 1. The van der Waals surface area contributed by atoms with Crippen molar-refractivity contribution in [2.75, 3.05) is 18.9 Å². The van der Waals surface area contributed by atoms with Gasteiger partial charge in [0.2, 0.25) is 0 Å². The van der Waals surface area contributed by atoms with Crippen molar-refractivity contribution in [3.05, 3.63) is 42.6 Å². The second-order valence-corrected chi connectivity index (χ2v) is 3.57. The van der Waals surface area contributed by atoms with Gasteiger partial charge in [-0.05, 0) is 25.2 Å². The number of rotatable bonds is 5. The van der Waals surface area contributed by atoms with Crippen molar-refractivity contribution in [1.82, 2.24) is 20.3 Å². The van der Waals surface area contributed by atoms with Crippen LogP contribution in [0.3, 0.4) is 0 Å². The fourth-order valence-corrected chi connectivity index (χ4v) is 1.41. The zero-order valence-electron chi connectivity index (χ0n) is 9.72. The van der Waals surface area contributed by atoms with E-state index in [0.29, 0.717) is 0 Å². The van der Waals surface area contributed by atoms with Gasteiger partial charge in [-0.15, -0.1) is 0 Å². The summed E-state index contributed by atoms with van der Waals surface area (Å²) < 4.78 is 0. The number of aromatic nitrogens is 3. The highest BCUT2D eigenvalue weighted by molar-refractivity contribution is 5.54. The van der Waals surface area contributed by atoms with E-state index in [1.165, 1.54) is 0 Å². The molecule has 0 aromatic carbocycles. The molecule has 88 valence electrons. The first-order valence-electron chi connectivity index (χ1n) is 5.52. The summed E-state index contributed by atoms with van der Waals surface area (Å²) in [6.45, 7) is 0.874. The van der Waals surface area contributed by atoms with Crippen LogP contribution in [0.15, 0.2) is 36.8 Å². The third kappa shape index (κ3) is 3.49. The van der Waals surface area contributed by atoms with Crippen molar-refractivity contribution in [3.63, 3.8) is 0 Å². The van der Waals surface area contributed by atoms with Crippen molar-refractivity contribution in [3.8, 4) is 0 Å². The van der Waals surface area contributed by atoms with Gasteiger partial charge in [0.25, 0.3) is 0 Å². The van der Waals surface area contributed by atoms with Gasteiger partial charge in [0.1, 0.15) is 11.6 Å². The monoisotopic (exact) mass is 229 g/mol. The summed E-state index contributed by atoms with van der Waals surface area (Å²) in [5.74, 6) is 1.63. The van der Waals surface area contributed by atoms with Crippen LogP contribution in [0.2, 0.25) is 0 Å². The van der Waals surface area contributed by atoms with E-state index in [-0.39, 0.29) is 0 Å². The summed E-state index contributed by atoms with van der Waals surface area (Å²) in [7, 11) is 1.92. The quantitative estimate of drug-likeness (QED) is 0.811. The Hall–Kier alpha value is -2.01. The van der Waals surface area contributed by atoms with Crippen LogP contribution >= 0.6 is 0 Å². The molecule has 0 saturated heterocycles. The van der Waals surface area contributed by atoms with Crippen LogP contribution in [-0.4, -0.2) is 28.5 Å². The lowest BCUT2D eigenvalue weighted by atomic mass is 10.3. The minimum atomic E-state index is 0.803. The molecule has 2 rings (SSSR count). The van der Waals surface area contributed by atoms with E-state index < -0.39 is 0 Å². The number of pyridine rings is 1. The molecule has 0 aliphatic carbocycles. The molecule has 0 unspecified atom stereocenters. The van der Waals surface area contributed by atoms with Gasteiger partial charge in [-0.3, -0.25) is 4.98 Å². The largest absolute Gasteiger partial charge is 0.340 e. The lowest BCUT2D eigenvalue weighted by molar-refractivity contribution is 0.756. The average Bonchev–Trinajstić information content (AvgIpc) is 2.38. The van der Waals surface area contributed by atoms with Gasteiger partial charge in [0.15, 0.2) is 0 Å². The maximum atomic E-state index is 4.42. The second kappa shape index (κ2) is 5.91.